The normalized spacial score (nSPS) is 10.1. The Balaban J connectivity index is 0.000000586. The molecule has 10 rings (SSSR count). The molecular formula is C101H115BrN2O30Pd. The largest absolute Gasteiger partial charge is 0.507 e. The van der Waals surface area contributed by atoms with Crippen LogP contribution in [0.5, 0.6) is 23.0 Å². The monoisotopic (exact) mass is 2020 g/mol. The molecule has 0 aliphatic heterocycles. The summed E-state index contributed by atoms with van der Waals surface area (Å²) in [6.45, 7) is 7.01. The molecule has 32 nitrogen and oxygen atoms in total. The zero-order valence-corrected chi connectivity index (χ0v) is 78.6. The van der Waals surface area contributed by atoms with Crippen LogP contribution in [-0.2, 0) is 95.6 Å². The van der Waals surface area contributed by atoms with Gasteiger partial charge in [-0.25, -0.2) is 49.3 Å². The number of carboxylic acid groups (broad SMARTS) is 3. The molecule has 0 spiro atoms. The first-order valence-electron chi connectivity index (χ1n) is 41.4. The Morgan fingerprint density at radius 1 is 0.341 bits per heavy atom. The van der Waals surface area contributed by atoms with Gasteiger partial charge in [-0.3, -0.25) is 28.9 Å². The quantitative estimate of drug-likeness (QED) is 0.00519. The number of nitrogens with one attached hydrogen (secondary N) is 2. The van der Waals surface area contributed by atoms with Crippen LogP contribution < -0.4 is 25.2 Å². The number of benzene rings is 10. The Hall–Kier alpha value is -14.0. The first kappa shape index (κ1) is 117. The van der Waals surface area contributed by atoms with Gasteiger partial charge in [-0.1, -0.05) is 181 Å². The molecule has 0 saturated carbocycles. The molecular weight excluding hydrogens is 1910 g/mol. The maximum Gasteiger partial charge on any atom is 0.342 e. The van der Waals surface area contributed by atoms with E-state index in [0.717, 1.165) is 29.3 Å². The van der Waals surface area contributed by atoms with Gasteiger partial charge in [0.2, 0.25) is 11.8 Å². The smallest absolute Gasteiger partial charge is 0.342 e. The van der Waals surface area contributed by atoms with Gasteiger partial charge < -0.3 is 78.7 Å². The Kier molecular flexibility index (Phi) is 54.8. The summed E-state index contributed by atoms with van der Waals surface area (Å²) in [7, 11) is 7.72. The van der Waals surface area contributed by atoms with Crippen molar-refractivity contribution >= 4 is 87.4 Å². The van der Waals surface area contributed by atoms with Gasteiger partial charge in [-0.2, -0.15) is 0 Å². The molecule has 726 valence electrons. The number of esters is 7. The first-order chi connectivity index (χ1) is 63.0. The van der Waals surface area contributed by atoms with Crippen LogP contribution in [0.15, 0.2) is 231 Å². The van der Waals surface area contributed by atoms with Gasteiger partial charge in [0.05, 0.1) is 97.9 Å². The molecule has 0 radical (unpaired) electrons. The van der Waals surface area contributed by atoms with Crippen molar-refractivity contribution in [2.24, 2.45) is 0 Å². The molecule has 0 fully saturated rings. The van der Waals surface area contributed by atoms with Crippen molar-refractivity contribution in [1.82, 2.24) is 11.0 Å². The summed E-state index contributed by atoms with van der Waals surface area (Å²) in [5.41, 5.74) is 12.4. The number of aliphatic carboxylic acids is 1. The maximum absolute atomic E-state index is 12.6. The van der Waals surface area contributed by atoms with Gasteiger partial charge in [0.1, 0.15) is 50.9 Å². The molecule has 10 aromatic carbocycles. The maximum atomic E-state index is 12.6. The minimum absolute atomic E-state index is 0. The predicted molar refractivity (Wildman–Crippen MR) is 503 cm³/mol. The van der Waals surface area contributed by atoms with Gasteiger partial charge in [0.15, 0.2) is 0 Å². The van der Waals surface area contributed by atoms with Gasteiger partial charge in [0.25, 0.3) is 0 Å². The third kappa shape index (κ3) is 40.2. The third-order valence-electron chi connectivity index (χ3n) is 18.6. The van der Waals surface area contributed by atoms with Gasteiger partial charge >= 0.3 is 59.7 Å². The zero-order valence-electron chi connectivity index (χ0n) is 75.4. The number of rotatable bonds is 40. The number of phenolic OH excluding ortho intramolecular Hbond substituents is 1. The Morgan fingerprint density at radius 2 is 0.652 bits per heavy atom. The standard InChI is InChI=1S/C28H29NO7.C26H25NO7.C21H22O7.C16H14O5.C9H17BrO2.CH4.2H2O.Pd/c1-33-27(31)22-13-8-12-21(18-22)23-14-9-15-24(26(23)28(32)34-2)35-17-7-6-16-25(30)29-36-19-20-10-4-3-5-11-20;28-23(27-34-17-18-8-2-1-3-9-18)14-4-5-15-33-22-13-7-12-21(24(22)26(31)32)19-10-6-11-20(16-19)25(29)30;1-26-20(24)15-8-5-7-14(13-15)16-9-6-10-17(19(16)21(25)27-2)28-12-4-3-11-18(22)23;1-20-15(18)11-6-3-5-10(9-11)12-7-4-8-13(17)14(12)16(19)21-2;1-9(2,3)12-8(11)6-4-5-7-10;;;;/h3-5,8-15,18H,6-7,16-17,19H2,1-2H3,(H,29,30);1-3,6-13,16H,4-5,14-15,17H2,(H,27,28)(H,29,30)(H,31,32);5-10,13H,3-4,11-12H2,1-2H3,(H,22,23);3-9,17H,1-2H3;4-7H2,1-3H3;1H4;2*1H2;. The van der Waals surface area contributed by atoms with Crippen LogP contribution >= 0.6 is 15.9 Å². The van der Waals surface area contributed by atoms with E-state index in [1.807, 2.05) is 81.4 Å². The van der Waals surface area contributed by atoms with E-state index in [9.17, 15) is 72.9 Å². The molecule has 0 heterocycles. The molecule has 0 aliphatic carbocycles. The van der Waals surface area contributed by atoms with Gasteiger partial charge in [-0.15, -0.1) is 0 Å². The number of carbonyl (C=O) groups is 12. The van der Waals surface area contributed by atoms with Crippen molar-refractivity contribution in [3.8, 4) is 67.5 Å². The minimum atomic E-state index is -1.18. The number of amides is 2. The summed E-state index contributed by atoms with van der Waals surface area (Å²) >= 11 is 3.31. The van der Waals surface area contributed by atoms with Crippen molar-refractivity contribution in [3.63, 3.8) is 0 Å². The molecule has 34 heteroatoms. The molecule has 0 atom stereocenters. The Morgan fingerprint density at radius 3 is 0.993 bits per heavy atom. The first-order valence-corrected chi connectivity index (χ1v) is 42.5. The molecule has 0 aromatic heterocycles. The number of hydrogen-bond acceptors (Lipinski definition) is 25. The molecule has 0 saturated heterocycles. The fourth-order valence-corrected chi connectivity index (χ4v) is 12.7. The van der Waals surface area contributed by atoms with E-state index >= 15 is 0 Å². The fraction of sp³-hybridized carbons (Fsp3) is 0.287. The number of aromatic carboxylic acids is 2. The van der Waals surface area contributed by atoms with E-state index in [0.29, 0.717) is 131 Å². The van der Waals surface area contributed by atoms with Crippen LogP contribution in [0.25, 0.3) is 44.5 Å². The number of carboxylic acids is 3. The van der Waals surface area contributed by atoms with E-state index in [-0.39, 0.29) is 141 Å². The zero-order chi connectivity index (χ0) is 95.6. The molecule has 0 aliphatic rings. The van der Waals surface area contributed by atoms with Crippen LogP contribution in [-0.4, -0.2) is 176 Å². The number of methoxy groups -OCH3 is 6. The minimum Gasteiger partial charge on any atom is -0.507 e. The number of carbonyl (C=O) groups excluding carboxylic acids is 9. The third-order valence-corrected chi connectivity index (χ3v) is 19.1. The van der Waals surface area contributed by atoms with E-state index < -0.39 is 53.7 Å². The molecule has 135 heavy (non-hydrogen) atoms. The van der Waals surface area contributed by atoms with Crippen LogP contribution in [0, 0.1) is 0 Å². The van der Waals surface area contributed by atoms with Gasteiger partial charge in [0, 0.05) is 51.4 Å². The number of phenols is 1. The second-order valence-electron chi connectivity index (χ2n) is 29.3. The molecule has 0 unspecified atom stereocenters. The summed E-state index contributed by atoms with van der Waals surface area (Å²) in [6, 6.07) is 65.0. The van der Waals surface area contributed by atoms with Crippen LogP contribution in [0.1, 0.15) is 199 Å². The average Bonchev–Trinajstić information content (AvgIpc) is 0.814. The van der Waals surface area contributed by atoms with Crippen LogP contribution in [0.3, 0.4) is 0 Å². The predicted octanol–water partition coefficient (Wildman–Crippen LogP) is 17.3. The fourth-order valence-electron chi connectivity index (χ4n) is 12.3. The van der Waals surface area contributed by atoms with Crippen molar-refractivity contribution < 1.29 is 166 Å². The average molecular weight is 2020 g/mol. The van der Waals surface area contributed by atoms with Crippen molar-refractivity contribution in [2.75, 3.05) is 67.8 Å². The van der Waals surface area contributed by atoms with E-state index in [1.54, 1.807) is 152 Å². The molecule has 0 bridgehead atoms. The number of hydroxylamine groups is 2. The summed E-state index contributed by atoms with van der Waals surface area (Å²) in [4.78, 5) is 151. The Labute approximate surface area is 805 Å². The van der Waals surface area contributed by atoms with E-state index in [1.165, 1.54) is 60.9 Å². The summed E-state index contributed by atoms with van der Waals surface area (Å²) in [5, 5.41) is 38.5. The van der Waals surface area contributed by atoms with Gasteiger partial charge in [-0.05, 0) is 201 Å². The number of unbranched alkanes of at least 4 members (excludes halogenated alkanes) is 4. The molecule has 10 N–H and O–H groups in total. The number of hydrogen-bond donors (Lipinski definition) is 6. The van der Waals surface area contributed by atoms with E-state index in [4.69, 9.17) is 52.7 Å². The van der Waals surface area contributed by atoms with Crippen molar-refractivity contribution in [1.29, 1.82) is 0 Å². The Bertz CT molecular complexity index is 5470. The van der Waals surface area contributed by atoms with Crippen molar-refractivity contribution in [3.05, 3.63) is 286 Å². The number of aromatic hydroxyl groups is 1. The summed E-state index contributed by atoms with van der Waals surface area (Å²) < 4.78 is 51.2. The molecule has 2 amide bonds. The van der Waals surface area contributed by atoms with E-state index in [2.05, 4.69) is 36.4 Å². The summed E-state index contributed by atoms with van der Waals surface area (Å²) in [6.07, 6.45) is 6.29. The molecule has 10 aromatic rings. The second kappa shape index (κ2) is 63.2. The summed E-state index contributed by atoms with van der Waals surface area (Å²) in [5.74, 6) is -6.19. The number of ether oxygens (including phenoxy) is 10. The number of alkyl halides is 1. The van der Waals surface area contributed by atoms with Crippen LogP contribution in [0.2, 0.25) is 0 Å². The van der Waals surface area contributed by atoms with Crippen LogP contribution in [0.4, 0.5) is 0 Å². The number of halogens is 1. The topological polar surface area (TPSA) is 484 Å². The second-order valence-corrected chi connectivity index (χ2v) is 30.1. The van der Waals surface area contributed by atoms with Crippen molar-refractivity contribution in [2.45, 2.75) is 124 Å². The SMILES string of the molecule is C.CC(C)(C)OC(=O)CCCCBr.COC(=O)c1cccc(-c2cccc(O)c2C(=O)OC)c1.COC(=O)c1cccc(-c2cccc(OCCCCC(=O)NOCc3ccccc3)c2C(=O)OC)c1.COC(=O)c1cccc(-c2cccc(OCCCCC(=O)O)c2C(=O)OC)c1.O.O.O=C(CCCCOc1cccc(-c2cccc(C(=O)O)c2)c1C(=O)O)NOCc1ccccc1.[Pd].